The molecule has 0 saturated heterocycles. The van der Waals surface area contributed by atoms with Crippen molar-refractivity contribution in [3.63, 3.8) is 0 Å². The summed E-state index contributed by atoms with van der Waals surface area (Å²) in [4.78, 5) is 17.1. The number of oxime groups is 1. The van der Waals surface area contributed by atoms with Crippen molar-refractivity contribution in [1.29, 1.82) is 0 Å². The Morgan fingerprint density at radius 1 is 1.37 bits per heavy atom. The van der Waals surface area contributed by atoms with Gasteiger partial charge in [-0.15, -0.1) is 0 Å². The second kappa shape index (κ2) is 6.69. The minimum absolute atomic E-state index is 0.119. The molecule has 0 bridgehead atoms. The van der Waals surface area contributed by atoms with E-state index in [2.05, 4.69) is 11.7 Å². The van der Waals surface area contributed by atoms with Crippen LogP contribution in [0.4, 0.5) is 0 Å². The van der Waals surface area contributed by atoms with E-state index in [4.69, 9.17) is 4.84 Å². The Bertz CT molecular complexity index is 515. The van der Waals surface area contributed by atoms with E-state index in [-0.39, 0.29) is 5.78 Å². The van der Waals surface area contributed by atoms with E-state index >= 15 is 0 Å². The summed E-state index contributed by atoms with van der Waals surface area (Å²) >= 11 is 0. The molecule has 2 rings (SSSR count). The van der Waals surface area contributed by atoms with Gasteiger partial charge in [0.2, 0.25) is 0 Å². The fraction of sp³-hybridized carbons (Fsp3) is 0.250. The van der Waals surface area contributed by atoms with Gasteiger partial charge in [-0.2, -0.15) is 0 Å². The molecule has 1 aromatic rings. The zero-order valence-corrected chi connectivity index (χ0v) is 10.8. The summed E-state index contributed by atoms with van der Waals surface area (Å²) < 4.78 is 0. The van der Waals surface area contributed by atoms with Crippen LogP contribution in [0.15, 0.2) is 59.8 Å². The number of rotatable bonds is 5. The van der Waals surface area contributed by atoms with Crippen molar-refractivity contribution < 1.29 is 9.63 Å². The molecule has 0 atom stereocenters. The van der Waals surface area contributed by atoms with Gasteiger partial charge in [-0.3, -0.25) is 4.79 Å². The molecule has 3 nitrogen and oxygen atoms in total. The summed E-state index contributed by atoms with van der Waals surface area (Å²) in [5.74, 6) is 0.119. The first-order valence-electron chi connectivity index (χ1n) is 6.41. The third-order valence-corrected chi connectivity index (χ3v) is 2.96. The maximum absolute atomic E-state index is 11.8. The molecule has 0 unspecified atom stereocenters. The lowest BCUT2D eigenvalue weighted by Gasteiger charge is -2.11. The van der Waals surface area contributed by atoms with E-state index in [1.807, 2.05) is 36.4 Å². The van der Waals surface area contributed by atoms with Crippen LogP contribution >= 0.6 is 0 Å². The molecule has 1 aromatic carbocycles. The number of benzene rings is 1. The lowest BCUT2D eigenvalue weighted by atomic mass is 9.95. The second-order valence-corrected chi connectivity index (χ2v) is 4.37. The summed E-state index contributed by atoms with van der Waals surface area (Å²) in [6.07, 6.45) is 5.89. The number of carbonyl (C=O) groups excluding carboxylic acids is 1. The molecular formula is C16H17NO2. The van der Waals surface area contributed by atoms with Gasteiger partial charge in [0.1, 0.15) is 12.3 Å². The molecule has 0 fully saturated rings. The van der Waals surface area contributed by atoms with Gasteiger partial charge in [-0.25, -0.2) is 0 Å². The van der Waals surface area contributed by atoms with Crippen molar-refractivity contribution in [2.45, 2.75) is 25.9 Å². The van der Waals surface area contributed by atoms with E-state index in [0.29, 0.717) is 24.3 Å². The van der Waals surface area contributed by atoms with Crippen molar-refractivity contribution >= 4 is 11.5 Å². The molecule has 0 amide bonds. The number of nitrogens with zero attached hydrogens (tertiary/aromatic N) is 1. The molecular weight excluding hydrogens is 238 g/mol. The Hall–Kier alpha value is -2.16. The topological polar surface area (TPSA) is 38.7 Å². The maximum Gasteiger partial charge on any atom is 0.164 e. The molecule has 0 radical (unpaired) electrons. The molecule has 19 heavy (non-hydrogen) atoms. The van der Waals surface area contributed by atoms with Gasteiger partial charge in [0.15, 0.2) is 5.78 Å². The summed E-state index contributed by atoms with van der Waals surface area (Å²) in [5, 5.41) is 4.02. The number of ketones is 1. The first-order chi connectivity index (χ1) is 9.31. The van der Waals surface area contributed by atoms with Crippen LogP contribution in [-0.4, -0.2) is 11.5 Å². The molecule has 0 saturated carbocycles. The highest BCUT2D eigenvalue weighted by Gasteiger charge is 2.17. The predicted octanol–water partition coefficient (Wildman–Crippen LogP) is 3.42. The van der Waals surface area contributed by atoms with Gasteiger partial charge >= 0.3 is 0 Å². The Morgan fingerprint density at radius 2 is 2.16 bits per heavy atom. The molecule has 0 heterocycles. The van der Waals surface area contributed by atoms with E-state index in [1.165, 1.54) is 0 Å². The lowest BCUT2D eigenvalue weighted by Crippen LogP contribution is -2.14. The zero-order chi connectivity index (χ0) is 13.5. The van der Waals surface area contributed by atoms with Gasteiger partial charge in [0.05, 0.1) is 0 Å². The monoisotopic (exact) mass is 255 g/mol. The van der Waals surface area contributed by atoms with Crippen molar-refractivity contribution in [3.05, 3.63) is 60.2 Å². The third kappa shape index (κ3) is 3.65. The number of carbonyl (C=O) groups is 1. The molecule has 3 heteroatoms. The van der Waals surface area contributed by atoms with Gasteiger partial charge in [0.25, 0.3) is 0 Å². The number of allylic oxidation sites excluding steroid dienone is 3. The first-order valence-corrected chi connectivity index (χ1v) is 6.41. The summed E-state index contributed by atoms with van der Waals surface area (Å²) in [5.41, 5.74) is 2.20. The molecule has 0 spiro atoms. The fourth-order valence-electron chi connectivity index (χ4n) is 1.95. The lowest BCUT2D eigenvalue weighted by molar-refractivity contribution is -0.115. The third-order valence-electron chi connectivity index (χ3n) is 2.96. The zero-order valence-electron chi connectivity index (χ0n) is 10.8. The van der Waals surface area contributed by atoms with Crippen molar-refractivity contribution in [1.82, 2.24) is 0 Å². The highest BCUT2D eigenvalue weighted by Crippen LogP contribution is 2.16. The predicted molar refractivity (Wildman–Crippen MR) is 75.8 cm³/mol. The van der Waals surface area contributed by atoms with E-state index in [1.54, 1.807) is 6.08 Å². The standard InChI is InChI=1S/C16H17NO2/c1-2-15(14-10-6-7-11-16(14)18)17-19-12-13-8-4-3-5-9-13/h2-5,8-10H,1,6-7,11-12H2/b17-15-. The largest absolute Gasteiger partial charge is 0.390 e. The SMILES string of the molecule is C=C/C(=N/OCc1ccccc1)C1=CCCCC1=O. The Morgan fingerprint density at radius 3 is 2.84 bits per heavy atom. The molecule has 0 N–H and O–H groups in total. The first kappa shape index (κ1) is 13.3. The molecule has 0 aromatic heterocycles. The fourth-order valence-corrected chi connectivity index (χ4v) is 1.95. The Labute approximate surface area is 113 Å². The molecule has 1 aliphatic carbocycles. The average Bonchev–Trinajstić information content (AvgIpc) is 2.46. The molecule has 1 aliphatic rings. The minimum atomic E-state index is 0.119. The summed E-state index contributed by atoms with van der Waals surface area (Å²) in [6.45, 7) is 4.08. The van der Waals surface area contributed by atoms with Gasteiger partial charge in [-0.1, -0.05) is 48.1 Å². The number of hydrogen-bond donors (Lipinski definition) is 0. The van der Waals surface area contributed by atoms with Gasteiger partial charge in [0, 0.05) is 12.0 Å². The maximum atomic E-state index is 11.8. The van der Waals surface area contributed by atoms with Crippen LogP contribution in [0, 0.1) is 0 Å². The van der Waals surface area contributed by atoms with Crippen LogP contribution < -0.4 is 0 Å². The van der Waals surface area contributed by atoms with Gasteiger partial charge in [-0.05, 0) is 24.5 Å². The minimum Gasteiger partial charge on any atom is -0.390 e. The normalized spacial score (nSPS) is 15.9. The van der Waals surface area contributed by atoms with Crippen LogP contribution in [0.2, 0.25) is 0 Å². The van der Waals surface area contributed by atoms with Gasteiger partial charge < -0.3 is 4.84 Å². The van der Waals surface area contributed by atoms with E-state index in [0.717, 1.165) is 18.4 Å². The van der Waals surface area contributed by atoms with Crippen LogP contribution in [0.25, 0.3) is 0 Å². The van der Waals surface area contributed by atoms with E-state index in [9.17, 15) is 4.79 Å². The average molecular weight is 255 g/mol. The molecule has 98 valence electrons. The van der Waals surface area contributed by atoms with Crippen LogP contribution in [-0.2, 0) is 16.2 Å². The van der Waals surface area contributed by atoms with Crippen molar-refractivity contribution in [2.75, 3.05) is 0 Å². The highest BCUT2D eigenvalue weighted by molar-refractivity contribution is 6.26. The van der Waals surface area contributed by atoms with Crippen molar-refractivity contribution in [2.24, 2.45) is 5.16 Å². The van der Waals surface area contributed by atoms with Crippen LogP contribution in [0.5, 0.6) is 0 Å². The Balaban J connectivity index is 2.01. The second-order valence-electron chi connectivity index (χ2n) is 4.37. The summed E-state index contributed by atoms with van der Waals surface area (Å²) in [6, 6.07) is 9.78. The van der Waals surface area contributed by atoms with Crippen LogP contribution in [0.3, 0.4) is 0 Å². The van der Waals surface area contributed by atoms with Crippen molar-refractivity contribution in [3.8, 4) is 0 Å². The van der Waals surface area contributed by atoms with E-state index < -0.39 is 0 Å². The summed E-state index contributed by atoms with van der Waals surface area (Å²) in [7, 11) is 0. The van der Waals surface area contributed by atoms with Crippen LogP contribution in [0.1, 0.15) is 24.8 Å². The quantitative estimate of drug-likeness (QED) is 0.597. The molecule has 0 aliphatic heterocycles. The number of Topliss-reactive ketones (excluding diaryl/α,β-unsaturated/α-hetero) is 1. The smallest absolute Gasteiger partial charge is 0.164 e. The Kier molecular flexibility index (Phi) is 4.67. The number of hydrogen-bond acceptors (Lipinski definition) is 3. The highest BCUT2D eigenvalue weighted by atomic mass is 16.6.